The molecule has 0 amide bonds. The first-order valence-electron chi connectivity index (χ1n) is 14.2. The van der Waals surface area contributed by atoms with Gasteiger partial charge >= 0.3 is 0 Å². The summed E-state index contributed by atoms with van der Waals surface area (Å²) in [5, 5.41) is 8.15. The van der Waals surface area contributed by atoms with Gasteiger partial charge in [-0.3, -0.25) is 4.98 Å². The number of hydrogen-bond acceptors (Lipinski definition) is 5. The number of aromatic nitrogens is 4. The van der Waals surface area contributed by atoms with Crippen LogP contribution in [0.3, 0.4) is 0 Å². The maximum atomic E-state index is 5.20. The first-order chi connectivity index (χ1) is 21.3. The first-order valence-corrected chi connectivity index (χ1v) is 15.1. The van der Waals surface area contributed by atoms with Crippen molar-refractivity contribution in [1.82, 2.24) is 19.9 Å². The summed E-state index contributed by atoms with van der Waals surface area (Å²) in [4.78, 5) is 20.0. The molecule has 0 N–H and O–H groups in total. The van der Waals surface area contributed by atoms with Gasteiger partial charge in [-0.1, -0.05) is 109 Å². The SMILES string of the molecule is c1ccc(-c2nc(-c3cc4ccccc4c4ccccc34)nc(-c3cccc4c3ccc3c5ncccc5sc43)n2)cc1. The highest BCUT2D eigenvalue weighted by Gasteiger charge is 2.18. The first kappa shape index (κ1) is 24.1. The molecule has 0 aliphatic heterocycles. The second-order valence-corrected chi connectivity index (χ2v) is 11.7. The summed E-state index contributed by atoms with van der Waals surface area (Å²) in [7, 11) is 0. The van der Waals surface area contributed by atoms with Crippen molar-refractivity contribution in [3.8, 4) is 34.2 Å². The van der Waals surface area contributed by atoms with E-state index in [4.69, 9.17) is 15.0 Å². The van der Waals surface area contributed by atoms with Crippen molar-refractivity contribution in [2.24, 2.45) is 0 Å². The lowest BCUT2D eigenvalue weighted by Crippen LogP contribution is -2.01. The van der Waals surface area contributed by atoms with Gasteiger partial charge in [0, 0.05) is 38.4 Å². The third kappa shape index (κ3) is 3.83. The monoisotopic (exact) mass is 566 g/mol. The van der Waals surface area contributed by atoms with Crippen LogP contribution in [0.15, 0.2) is 134 Å². The summed E-state index contributed by atoms with van der Waals surface area (Å²) >= 11 is 1.78. The standard InChI is InChI=1S/C38H22N4S/c1-2-10-23(11-3-1)36-40-37(30-17-8-16-29-28(30)19-20-31-34-33(43-35(29)31)18-9-21-39-34)42-38(41-36)32-22-24-12-4-5-13-25(24)26-14-6-7-15-27(26)32/h1-22H. The summed E-state index contributed by atoms with van der Waals surface area (Å²) in [6, 6.07) is 44.3. The largest absolute Gasteiger partial charge is 0.255 e. The Hall–Kier alpha value is -5.52. The van der Waals surface area contributed by atoms with Crippen LogP contribution in [0.1, 0.15) is 0 Å². The molecule has 9 aromatic rings. The molecule has 0 unspecified atom stereocenters. The molecule has 3 aromatic heterocycles. The number of thiophene rings is 1. The van der Waals surface area contributed by atoms with Gasteiger partial charge in [-0.2, -0.15) is 0 Å². The number of rotatable bonds is 3. The molecule has 0 aliphatic rings. The van der Waals surface area contributed by atoms with Crippen LogP contribution in [0.25, 0.3) is 86.8 Å². The minimum absolute atomic E-state index is 0.655. The predicted molar refractivity (Wildman–Crippen MR) is 179 cm³/mol. The molecule has 43 heavy (non-hydrogen) atoms. The number of fused-ring (bicyclic) bond motifs is 8. The number of hydrogen-bond donors (Lipinski definition) is 0. The zero-order valence-electron chi connectivity index (χ0n) is 22.9. The van der Waals surface area contributed by atoms with Crippen molar-refractivity contribution in [1.29, 1.82) is 0 Å². The Morgan fingerprint density at radius 2 is 1.12 bits per heavy atom. The average molecular weight is 567 g/mol. The van der Waals surface area contributed by atoms with E-state index in [2.05, 4.69) is 108 Å². The van der Waals surface area contributed by atoms with E-state index in [0.717, 1.165) is 38.4 Å². The highest BCUT2D eigenvalue weighted by Crippen LogP contribution is 2.40. The molecule has 200 valence electrons. The molecule has 0 atom stereocenters. The van der Waals surface area contributed by atoms with Gasteiger partial charge in [0.2, 0.25) is 0 Å². The molecule has 0 radical (unpaired) electrons. The van der Waals surface area contributed by atoms with Gasteiger partial charge in [0.15, 0.2) is 17.5 Å². The second kappa shape index (κ2) is 9.51. The van der Waals surface area contributed by atoms with Crippen molar-refractivity contribution in [3.63, 3.8) is 0 Å². The fourth-order valence-corrected chi connectivity index (χ4v) is 7.37. The minimum Gasteiger partial charge on any atom is -0.255 e. The Bertz CT molecular complexity index is 2520. The molecular weight excluding hydrogens is 545 g/mol. The summed E-state index contributed by atoms with van der Waals surface area (Å²) in [5.74, 6) is 1.97. The van der Waals surface area contributed by atoms with Crippen LogP contribution in [0.4, 0.5) is 0 Å². The number of pyridine rings is 1. The Labute approximate surface area is 251 Å². The zero-order chi connectivity index (χ0) is 28.3. The molecule has 5 heteroatoms. The van der Waals surface area contributed by atoms with E-state index in [9.17, 15) is 0 Å². The molecule has 0 saturated carbocycles. The topological polar surface area (TPSA) is 51.6 Å². The van der Waals surface area contributed by atoms with Crippen LogP contribution in [0, 0.1) is 0 Å². The van der Waals surface area contributed by atoms with Crippen LogP contribution >= 0.6 is 11.3 Å². The van der Waals surface area contributed by atoms with Crippen molar-refractivity contribution in [2.45, 2.75) is 0 Å². The van der Waals surface area contributed by atoms with E-state index >= 15 is 0 Å². The van der Waals surface area contributed by atoms with Crippen molar-refractivity contribution in [2.75, 3.05) is 0 Å². The highest BCUT2D eigenvalue weighted by atomic mass is 32.1. The molecule has 0 aliphatic carbocycles. The molecule has 3 heterocycles. The summed E-state index contributed by atoms with van der Waals surface area (Å²) < 4.78 is 2.42. The number of nitrogens with zero attached hydrogens (tertiary/aromatic N) is 4. The maximum Gasteiger partial charge on any atom is 0.164 e. The smallest absolute Gasteiger partial charge is 0.164 e. The van der Waals surface area contributed by atoms with Gasteiger partial charge < -0.3 is 0 Å². The van der Waals surface area contributed by atoms with Crippen LogP contribution < -0.4 is 0 Å². The zero-order valence-corrected chi connectivity index (χ0v) is 23.7. The normalized spacial score (nSPS) is 11.7. The van der Waals surface area contributed by atoms with Gasteiger partial charge in [0.05, 0.1) is 10.2 Å². The quantitative estimate of drug-likeness (QED) is 0.200. The third-order valence-electron chi connectivity index (χ3n) is 8.17. The van der Waals surface area contributed by atoms with Crippen LogP contribution in [0.2, 0.25) is 0 Å². The summed E-state index contributed by atoms with van der Waals surface area (Å²) in [5.41, 5.74) is 3.98. The molecule has 0 saturated heterocycles. The minimum atomic E-state index is 0.655. The van der Waals surface area contributed by atoms with E-state index in [1.807, 2.05) is 30.5 Å². The Kier molecular flexibility index (Phi) is 5.33. The van der Waals surface area contributed by atoms with E-state index in [0.29, 0.717) is 17.5 Å². The molecule has 6 aromatic carbocycles. The van der Waals surface area contributed by atoms with Gasteiger partial charge in [-0.05, 0) is 45.1 Å². The second-order valence-electron chi connectivity index (χ2n) is 10.7. The van der Waals surface area contributed by atoms with Crippen molar-refractivity contribution in [3.05, 3.63) is 134 Å². The average Bonchev–Trinajstić information content (AvgIpc) is 3.47. The highest BCUT2D eigenvalue weighted by molar-refractivity contribution is 7.26. The van der Waals surface area contributed by atoms with Gasteiger partial charge in [-0.15, -0.1) is 11.3 Å². The maximum absolute atomic E-state index is 5.20. The van der Waals surface area contributed by atoms with Gasteiger partial charge in [0.25, 0.3) is 0 Å². The molecule has 0 bridgehead atoms. The molecular formula is C38H22N4S. The van der Waals surface area contributed by atoms with Crippen molar-refractivity contribution < 1.29 is 0 Å². The van der Waals surface area contributed by atoms with E-state index in [1.54, 1.807) is 11.3 Å². The van der Waals surface area contributed by atoms with Crippen LogP contribution in [-0.2, 0) is 0 Å². The van der Waals surface area contributed by atoms with Gasteiger partial charge in [-0.25, -0.2) is 15.0 Å². The lowest BCUT2D eigenvalue weighted by atomic mass is 9.96. The van der Waals surface area contributed by atoms with Gasteiger partial charge in [0.1, 0.15) is 0 Å². The lowest BCUT2D eigenvalue weighted by molar-refractivity contribution is 1.08. The number of benzene rings is 6. The Morgan fingerprint density at radius 3 is 2.00 bits per heavy atom. The lowest BCUT2D eigenvalue weighted by Gasteiger charge is -2.13. The van der Waals surface area contributed by atoms with Crippen molar-refractivity contribution >= 4 is 64.0 Å². The molecule has 4 nitrogen and oxygen atoms in total. The fourth-order valence-electron chi connectivity index (χ4n) is 6.18. The third-order valence-corrected chi connectivity index (χ3v) is 9.36. The molecule has 0 fully saturated rings. The molecule has 0 spiro atoms. The van der Waals surface area contributed by atoms with E-state index < -0.39 is 0 Å². The molecule has 9 rings (SSSR count). The Balaban J connectivity index is 1.34. The summed E-state index contributed by atoms with van der Waals surface area (Å²) in [6.07, 6.45) is 1.86. The predicted octanol–water partition coefficient (Wildman–Crippen LogP) is 10.1. The Morgan fingerprint density at radius 1 is 0.442 bits per heavy atom. The van der Waals surface area contributed by atoms with E-state index in [-0.39, 0.29) is 0 Å². The van der Waals surface area contributed by atoms with Crippen LogP contribution in [0.5, 0.6) is 0 Å². The fraction of sp³-hybridized carbons (Fsp3) is 0. The summed E-state index contributed by atoms with van der Waals surface area (Å²) in [6.45, 7) is 0. The van der Waals surface area contributed by atoms with Crippen LogP contribution in [-0.4, -0.2) is 19.9 Å². The van der Waals surface area contributed by atoms with E-state index in [1.165, 1.54) is 30.9 Å².